The largest absolute Gasteiger partial charge is 0.488 e. The van der Waals surface area contributed by atoms with Crippen molar-refractivity contribution in [3.8, 4) is 5.75 Å². The highest BCUT2D eigenvalue weighted by molar-refractivity contribution is 7.80. The Balaban J connectivity index is 1.58. The summed E-state index contributed by atoms with van der Waals surface area (Å²) in [6, 6.07) is 26.3. The Labute approximate surface area is 206 Å². The number of anilines is 1. The minimum atomic E-state index is -0.587. The van der Waals surface area contributed by atoms with E-state index in [0.29, 0.717) is 22.6 Å². The van der Waals surface area contributed by atoms with E-state index in [-0.39, 0.29) is 23.1 Å². The first-order valence-electron chi connectivity index (χ1n) is 10.9. The van der Waals surface area contributed by atoms with Gasteiger partial charge in [-0.1, -0.05) is 60.7 Å². The van der Waals surface area contributed by atoms with E-state index in [1.54, 1.807) is 42.5 Å². The standard InChI is InChI=1S/C28H19FN2O3S/c29-20-9-6-7-18(15-20)17-34-25-14-13-19-8-4-5-12-22(19)23(25)16-24-26(32)30-28(35)31(27(24)33)21-10-2-1-3-11-21/h1-16H,17H2,(H,30,32,35)/b24-16-. The van der Waals surface area contributed by atoms with Gasteiger partial charge >= 0.3 is 0 Å². The average molecular weight is 483 g/mol. The third-order valence-electron chi connectivity index (χ3n) is 5.62. The van der Waals surface area contributed by atoms with Gasteiger partial charge in [0.05, 0.1) is 5.69 Å². The molecule has 0 saturated carbocycles. The van der Waals surface area contributed by atoms with E-state index in [4.69, 9.17) is 17.0 Å². The van der Waals surface area contributed by atoms with Crippen molar-refractivity contribution in [3.63, 3.8) is 0 Å². The lowest BCUT2D eigenvalue weighted by Gasteiger charge is -2.29. The maximum Gasteiger partial charge on any atom is 0.270 e. The summed E-state index contributed by atoms with van der Waals surface area (Å²) < 4.78 is 19.7. The van der Waals surface area contributed by atoms with Gasteiger partial charge in [-0.05, 0) is 65.0 Å². The number of carbonyl (C=O) groups is 2. The average Bonchev–Trinajstić information content (AvgIpc) is 2.86. The highest BCUT2D eigenvalue weighted by atomic mass is 32.1. The van der Waals surface area contributed by atoms with Crippen LogP contribution in [-0.2, 0) is 16.2 Å². The molecule has 0 aromatic heterocycles. The van der Waals surface area contributed by atoms with Crippen LogP contribution in [0.2, 0.25) is 0 Å². The zero-order chi connectivity index (χ0) is 24.4. The summed E-state index contributed by atoms with van der Waals surface area (Å²) in [5.41, 5.74) is 1.70. The second kappa shape index (κ2) is 9.48. The van der Waals surface area contributed by atoms with Gasteiger partial charge in [0.1, 0.15) is 23.7 Å². The molecule has 1 heterocycles. The molecule has 1 fully saturated rings. The number of rotatable bonds is 5. The predicted octanol–water partition coefficient (Wildman–Crippen LogP) is 5.39. The molecule has 5 rings (SSSR count). The monoisotopic (exact) mass is 482 g/mol. The van der Waals surface area contributed by atoms with Crippen molar-refractivity contribution in [2.24, 2.45) is 0 Å². The van der Waals surface area contributed by atoms with E-state index in [2.05, 4.69) is 5.32 Å². The molecule has 0 spiro atoms. The van der Waals surface area contributed by atoms with Crippen LogP contribution in [0.3, 0.4) is 0 Å². The van der Waals surface area contributed by atoms with Crippen LogP contribution in [0.4, 0.5) is 10.1 Å². The highest BCUT2D eigenvalue weighted by Crippen LogP contribution is 2.32. The maximum absolute atomic E-state index is 13.6. The summed E-state index contributed by atoms with van der Waals surface area (Å²) in [5, 5.41) is 4.34. The number of benzene rings is 4. The smallest absolute Gasteiger partial charge is 0.270 e. The normalized spacial score (nSPS) is 14.9. The van der Waals surface area contributed by atoms with Gasteiger partial charge in [0.15, 0.2) is 5.11 Å². The zero-order valence-electron chi connectivity index (χ0n) is 18.4. The molecule has 2 amide bonds. The number of carbonyl (C=O) groups excluding carboxylic acids is 2. The minimum absolute atomic E-state index is 0.0175. The number of nitrogens with one attached hydrogen (secondary N) is 1. The van der Waals surface area contributed by atoms with Crippen LogP contribution >= 0.6 is 12.2 Å². The number of thiocarbonyl (C=S) groups is 1. The molecule has 7 heteroatoms. The Hall–Kier alpha value is -4.36. The van der Waals surface area contributed by atoms with Crippen molar-refractivity contribution in [2.45, 2.75) is 6.61 Å². The van der Waals surface area contributed by atoms with Crippen LogP contribution < -0.4 is 15.0 Å². The molecular formula is C28H19FN2O3S. The van der Waals surface area contributed by atoms with Crippen molar-refractivity contribution < 1.29 is 18.7 Å². The van der Waals surface area contributed by atoms with Crippen molar-refractivity contribution in [3.05, 3.63) is 114 Å². The lowest BCUT2D eigenvalue weighted by atomic mass is 9.99. The lowest BCUT2D eigenvalue weighted by molar-refractivity contribution is -0.122. The number of amides is 2. The Morgan fingerprint density at radius 3 is 2.49 bits per heavy atom. The predicted molar refractivity (Wildman–Crippen MR) is 137 cm³/mol. The molecule has 0 unspecified atom stereocenters. The van der Waals surface area contributed by atoms with Crippen molar-refractivity contribution >= 4 is 51.7 Å². The van der Waals surface area contributed by atoms with Crippen LogP contribution in [-0.4, -0.2) is 16.9 Å². The number of hydrogen-bond acceptors (Lipinski definition) is 4. The van der Waals surface area contributed by atoms with Gasteiger partial charge in [0.25, 0.3) is 11.8 Å². The summed E-state index contributed by atoms with van der Waals surface area (Å²) >= 11 is 5.28. The van der Waals surface area contributed by atoms with Crippen LogP contribution in [0.25, 0.3) is 16.8 Å². The third kappa shape index (κ3) is 4.54. The Kier molecular flexibility index (Phi) is 6.08. The Morgan fingerprint density at radius 2 is 1.69 bits per heavy atom. The number of ether oxygens (including phenoxy) is 1. The number of fused-ring (bicyclic) bond motifs is 1. The van der Waals surface area contributed by atoms with E-state index < -0.39 is 11.8 Å². The number of hydrogen-bond donors (Lipinski definition) is 1. The van der Waals surface area contributed by atoms with E-state index in [1.807, 2.05) is 36.4 Å². The molecule has 4 aromatic carbocycles. The molecule has 35 heavy (non-hydrogen) atoms. The molecule has 0 radical (unpaired) electrons. The first kappa shape index (κ1) is 22.4. The number of para-hydroxylation sites is 1. The van der Waals surface area contributed by atoms with Crippen LogP contribution in [0.5, 0.6) is 5.75 Å². The topological polar surface area (TPSA) is 58.6 Å². The zero-order valence-corrected chi connectivity index (χ0v) is 19.2. The second-order valence-electron chi connectivity index (χ2n) is 7.91. The molecule has 0 aliphatic carbocycles. The fourth-order valence-corrected chi connectivity index (χ4v) is 4.23. The summed E-state index contributed by atoms with van der Waals surface area (Å²) in [5.74, 6) is -1.01. The molecule has 0 atom stereocenters. The Morgan fingerprint density at radius 1 is 0.914 bits per heavy atom. The summed E-state index contributed by atoms with van der Waals surface area (Å²) in [4.78, 5) is 27.6. The molecule has 1 saturated heterocycles. The Bertz CT molecular complexity index is 1500. The van der Waals surface area contributed by atoms with Crippen molar-refractivity contribution in [2.75, 3.05) is 4.90 Å². The van der Waals surface area contributed by atoms with Crippen LogP contribution in [0, 0.1) is 5.82 Å². The first-order chi connectivity index (χ1) is 17.0. The van der Waals surface area contributed by atoms with Gasteiger partial charge in [0.2, 0.25) is 0 Å². The van der Waals surface area contributed by atoms with Gasteiger partial charge in [-0.25, -0.2) is 4.39 Å². The summed E-state index contributed by atoms with van der Waals surface area (Å²) in [6.07, 6.45) is 1.53. The number of nitrogens with zero attached hydrogens (tertiary/aromatic N) is 1. The van der Waals surface area contributed by atoms with E-state index in [0.717, 1.165) is 10.8 Å². The SMILES string of the molecule is O=C1NC(=S)N(c2ccccc2)C(=O)/C1=C\c1c(OCc2cccc(F)c2)ccc2ccccc12. The summed E-state index contributed by atoms with van der Waals surface area (Å²) in [6.45, 7) is 0.118. The van der Waals surface area contributed by atoms with Crippen molar-refractivity contribution in [1.29, 1.82) is 0 Å². The highest BCUT2D eigenvalue weighted by Gasteiger charge is 2.34. The second-order valence-corrected chi connectivity index (χ2v) is 8.30. The van der Waals surface area contributed by atoms with Gasteiger partial charge in [-0.3, -0.25) is 19.8 Å². The molecule has 5 nitrogen and oxygen atoms in total. The number of halogens is 1. The third-order valence-corrected chi connectivity index (χ3v) is 5.90. The van der Waals surface area contributed by atoms with Gasteiger partial charge < -0.3 is 4.74 Å². The molecule has 172 valence electrons. The molecule has 4 aromatic rings. The van der Waals surface area contributed by atoms with E-state index in [1.165, 1.54) is 23.1 Å². The fraction of sp³-hybridized carbons (Fsp3) is 0.0357. The van der Waals surface area contributed by atoms with Crippen LogP contribution in [0.15, 0.2) is 96.6 Å². The van der Waals surface area contributed by atoms with Crippen molar-refractivity contribution in [1.82, 2.24) is 5.32 Å². The summed E-state index contributed by atoms with van der Waals surface area (Å²) in [7, 11) is 0. The first-order valence-corrected chi connectivity index (χ1v) is 11.3. The quantitative estimate of drug-likeness (QED) is 0.235. The van der Waals surface area contributed by atoms with Crippen LogP contribution in [0.1, 0.15) is 11.1 Å². The maximum atomic E-state index is 13.6. The van der Waals surface area contributed by atoms with Gasteiger partial charge in [-0.2, -0.15) is 0 Å². The van der Waals surface area contributed by atoms with E-state index in [9.17, 15) is 14.0 Å². The van der Waals surface area contributed by atoms with Gasteiger partial charge in [0, 0.05) is 5.56 Å². The minimum Gasteiger partial charge on any atom is -0.488 e. The lowest BCUT2D eigenvalue weighted by Crippen LogP contribution is -2.54. The molecule has 1 N–H and O–H groups in total. The van der Waals surface area contributed by atoms with E-state index >= 15 is 0 Å². The molecule has 1 aliphatic rings. The fourth-order valence-electron chi connectivity index (χ4n) is 3.95. The molecule has 1 aliphatic heterocycles. The molecular weight excluding hydrogens is 463 g/mol. The molecule has 0 bridgehead atoms. The van der Waals surface area contributed by atoms with Gasteiger partial charge in [-0.15, -0.1) is 0 Å².